The van der Waals surface area contributed by atoms with Gasteiger partial charge < -0.3 is 16.2 Å². The van der Waals surface area contributed by atoms with E-state index in [1.54, 1.807) is 0 Å². The third kappa shape index (κ3) is 1.97. The minimum atomic E-state index is -0.457. The minimum absolute atomic E-state index is 0.292. The maximum atomic E-state index is 11.5. The third-order valence-corrected chi connectivity index (χ3v) is 3.64. The van der Waals surface area contributed by atoms with Crippen LogP contribution in [-0.4, -0.2) is 13.1 Å². The van der Waals surface area contributed by atoms with E-state index in [0.29, 0.717) is 16.3 Å². The quantitative estimate of drug-likeness (QED) is 0.800. The van der Waals surface area contributed by atoms with Crippen molar-refractivity contribution < 1.29 is 9.53 Å². The zero-order chi connectivity index (χ0) is 12.4. The molecule has 0 spiro atoms. The summed E-state index contributed by atoms with van der Waals surface area (Å²) in [5, 5.41) is 0. The van der Waals surface area contributed by atoms with Gasteiger partial charge in [-0.1, -0.05) is 30.3 Å². The summed E-state index contributed by atoms with van der Waals surface area (Å²) in [6, 6.07) is 9.56. The van der Waals surface area contributed by atoms with Gasteiger partial charge in [0.2, 0.25) is 0 Å². The van der Waals surface area contributed by atoms with E-state index in [2.05, 4.69) is 4.74 Å². The molecule has 0 aliphatic rings. The molecule has 88 valence electrons. The normalized spacial score (nSPS) is 10.2. The second kappa shape index (κ2) is 4.47. The number of nitrogens with two attached hydrogens (primary N) is 2. The number of esters is 1. The summed E-state index contributed by atoms with van der Waals surface area (Å²) in [6.45, 7) is 0. The van der Waals surface area contributed by atoms with Crippen molar-refractivity contribution in [3.63, 3.8) is 0 Å². The molecule has 17 heavy (non-hydrogen) atoms. The largest absolute Gasteiger partial charge is 0.465 e. The van der Waals surface area contributed by atoms with E-state index in [4.69, 9.17) is 11.5 Å². The van der Waals surface area contributed by atoms with Gasteiger partial charge >= 0.3 is 5.97 Å². The van der Waals surface area contributed by atoms with Crippen LogP contribution in [-0.2, 0) is 4.74 Å². The number of carbonyl (C=O) groups is 1. The number of hydrogen-bond donors (Lipinski definition) is 2. The number of ether oxygens (including phenoxy) is 1. The van der Waals surface area contributed by atoms with Crippen LogP contribution in [0.15, 0.2) is 30.3 Å². The van der Waals surface area contributed by atoms with Crippen molar-refractivity contribution in [1.29, 1.82) is 0 Å². The van der Waals surface area contributed by atoms with E-state index in [0.717, 1.165) is 10.4 Å². The van der Waals surface area contributed by atoms with Crippen LogP contribution in [0.3, 0.4) is 0 Å². The molecule has 0 aliphatic carbocycles. The third-order valence-electron chi connectivity index (χ3n) is 2.39. The van der Waals surface area contributed by atoms with Gasteiger partial charge in [-0.2, -0.15) is 0 Å². The molecule has 0 atom stereocenters. The molecule has 1 heterocycles. The molecule has 0 saturated heterocycles. The zero-order valence-corrected chi connectivity index (χ0v) is 10.1. The topological polar surface area (TPSA) is 78.3 Å². The molecule has 0 amide bonds. The fraction of sp³-hybridized carbons (Fsp3) is 0.0833. The number of hydrogen-bond acceptors (Lipinski definition) is 5. The Morgan fingerprint density at radius 3 is 2.41 bits per heavy atom. The fourth-order valence-corrected chi connectivity index (χ4v) is 2.57. The second-order valence-electron chi connectivity index (χ2n) is 3.45. The smallest absolute Gasteiger partial charge is 0.350 e. The van der Waals surface area contributed by atoms with Gasteiger partial charge in [-0.15, -0.1) is 11.3 Å². The van der Waals surface area contributed by atoms with Crippen molar-refractivity contribution in [1.82, 2.24) is 0 Å². The first-order chi connectivity index (χ1) is 8.15. The minimum Gasteiger partial charge on any atom is -0.465 e. The molecular weight excluding hydrogens is 236 g/mol. The van der Waals surface area contributed by atoms with Crippen molar-refractivity contribution in [2.45, 2.75) is 0 Å². The molecule has 1 aromatic carbocycles. The molecule has 5 heteroatoms. The number of carbonyl (C=O) groups excluding carboxylic acids is 1. The summed E-state index contributed by atoms with van der Waals surface area (Å²) in [7, 11) is 1.32. The number of methoxy groups -OCH3 is 1. The fourth-order valence-electron chi connectivity index (χ4n) is 1.50. The Kier molecular flexibility index (Phi) is 3.01. The summed E-state index contributed by atoms with van der Waals surface area (Å²) in [4.78, 5) is 12.6. The van der Waals surface area contributed by atoms with Gasteiger partial charge in [0.15, 0.2) is 0 Å². The average molecular weight is 248 g/mol. The van der Waals surface area contributed by atoms with Gasteiger partial charge in [0.05, 0.1) is 23.4 Å². The number of thiophene rings is 1. The summed E-state index contributed by atoms with van der Waals surface area (Å²) < 4.78 is 4.66. The Morgan fingerprint density at radius 1 is 1.18 bits per heavy atom. The van der Waals surface area contributed by atoms with Crippen LogP contribution in [0.25, 0.3) is 10.4 Å². The molecule has 2 rings (SSSR count). The van der Waals surface area contributed by atoms with Gasteiger partial charge in [-0.05, 0) is 5.56 Å². The SMILES string of the molecule is COC(=O)c1sc(-c2ccccc2)c(N)c1N. The van der Waals surface area contributed by atoms with Crippen molar-refractivity contribution in [2.24, 2.45) is 0 Å². The molecule has 2 aromatic rings. The Labute approximate surface area is 103 Å². The van der Waals surface area contributed by atoms with Crippen LogP contribution in [0.4, 0.5) is 11.4 Å². The van der Waals surface area contributed by atoms with E-state index < -0.39 is 5.97 Å². The Morgan fingerprint density at radius 2 is 1.82 bits per heavy atom. The lowest BCUT2D eigenvalue weighted by Crippen LogP contribution is -2.02. The van der Waals surface area contributed by atoms with E-state index in [9.17, 15) is 4.79 Å². The molecule has 0 unspecified atom stereocenters. The highest BCUT2D eigenvalue weighted by Crippen LogP contribution is 2.40. The summed E-state index contributed by atoms with van der Waals surface area (Å²) in [6.07, 6.45) is 0. The molecule has 0 saturated carbocycles. The molecule has 4 nitrogen and oxygen atoms in total. The first-order valence-electron chi connectivity index (χ1n) is 4.96. The maximum absolute atomic E-state index is 11.5. The van der Waals surface area contributed by atoms with Crippen LogP contribution >= 0.6 is 11.3 Å². The lowest BCUT2D eigenvalue weighted by atomic mass is 10.1. The zero-order valence-electron chi connectivity index (χ0n) is 9.27. The van der Waals surface area contributed by atoms with E-state index in [1.165, 1.54) is 18.4 Å². The Balaban J connectivity index is 2.54. The molecule has 4 N–H and O–H groups in total. The van der Waals surface area contributed by atoms with Gasteiger partial charge in [0, 0.05) is 0 Å². The van der Waals surface area contributed by atoms with Crippen molar-refractivity contribution in [2.75, 3.05) is 18.6 Å². The number of anilines is 2. The number of benzene rings is 1. The number of nitrogen functional groups attached to an aromatic ring is 2. The lowest BCUT2D eigenvalue weighted by Gasteiger charge is -1.98. The molecule has 0 fully saturated rings. The molecular formula is C12H12N2O2S. The van der Waals surface area contributed by atoms with E-state index in [-0.39, 0.29) is 0 Å². The van der Waals surface area contributed by atoms with E-state index in [1.807, 2.05) is 30.3 Å². The Hall–Kier alpha value is -2.01. The second-order valence-corrected chi connectivity index (χ2v) is 4.47. The molecule has 0 bridgehead atoms. The van der Waals surface area contributed by atoms with Crippen LogP contribution in [0.2, 0.25) is 0 Å². The van der Waals surface area contributed by atoms with Gasteiger partial charge in [0.1, 0.15) is 4.88 Å². The first-order valence-corrected chi connectivity index (χ1v) is 5.78. The highest BCUT2D eigenvalue weighted by molar-refractivity contribution is 7.18. The monoisotopic (exact) mass is 248 g/mol. The van der Waals surface area contributed by atoms with E-state index >= 15 is 0 Å². The molecule has 1 aromatic heterocycles. The molecule has 0 radical (unpaired) electrons. The summed E-state index contributed by atoms with van der Waals surface area (Å²) in [5.74, 6) is -0.457. The van der Waals surface area contributed by atoms with Gasteiger partial charge in [0.25, 0.3) is 0 Å². The highest BCUT2D eigenvalue weighted by Gasteiger charge is 2.20. The van der Waals surface area contributed by atoms with Crippen LogP contribution in [0.5, 0.6) is 0 Å². The summed E-state index contributed by atoms with van der Waals surface area (Å²) in [5.41, 5.74) is 13.4. The van der Waals surface area contributed by atoms with Crippen molar-refractivity contribution >= 4 is 28.7 Å². The predicted octanol–water partition coefficient (Wildman–Crippen LogP) is 2.37. The van der Waals surface area contributed by atoms with Crippen molar-refractivity contribution in [3.8, 4) is 10.4 Å². The highest BCUT2D eigenvalue weighted by atomic mass is 32.1. The predicted molar refractivity (Wildman–Crippen MR) is 69.9 cm³/mol. The lowest BCUT2D eigenvalue weighted by molar-refractivity contribution is 0.0607. The average Bonchev–Trinajstić information content (AvgIpc) is 2.67. The summed E-state index contributed by atoms with van der Waals surface area (Å²) >= 11 is 1.25. The van der Waals surface area contributed by atoms with Crippen molar-refractivity contribution in [3.05, 3.63) is 35.2 Å². The number of rotatable bonds is 2. The standard InChI is InChI=1S/C12H12N2O2S/c1-16-12(15)11-9(14)8(13)10(17-11)7-5-3-2-4-6-7/h2-6H,13-14H2,1H3. The molecule has 0 aliphatic heterocycles. The van der Waals surface area contributed by atoms with Gasteiger partial charge in [-0.3, -0.25) is 0 Å². The Bertz CT molecular complexity index is 549. The van der Waals surface area contributed by atoms with Crippen LogP contribution in [0, 0.1) is 0 Å². The van der Waals surface area contributed by atoms with Crippen LogP contribution in [0.1, 0.15) is 9.67 Å². The van der Waals surface area contributed by atoms with Gasteiger partial charge in [-0.25, -0.2) is 4.79 Å². The maximum Gasteiger partial charge on any atom is 0.350 e. The van der Waals surface area contributed by atoms with Crippen LogP contribution < -0.4 is 11.5 Å². The first kappa shape index (κ1) is 11.5.